The summed E-state index contributed by atoms with van der Waals surface area (Å²) in [7, 11) is 0. The maximum Gasteiger partial charge on any atom is 0.290 e. The van der Waals surface area contributed by atoms with Gasteiger partial charge in [0, 0.05) is 12.1 Å². The number of rotatable bonds is 4. The van der Waals surface area contributed by atoms with Crippen molar-refractivity contribution in [2.24, 2.45) is 11.8 Å². The number of nitrogens with zero attached hydrogens (tertiary/aromatic N) is 2. The van der Waals surface area contributed by atoms with Crippen LogP contribution in [0.15, 0.2) is 12.3 Å². The molecule has 0 radical (unpaired) electrons. The van der Waals surface area contributed by atoms with Gasteiger partial charge in [-0.3, -0.25) is 10.1 Å². The number of aromatic nitrogens is 1. The molecule has 1 fully saturated rings. The van der Waals surface area contributed by atoms with Gasteiger partial charge in [-0.05, 0) is 31.2 Å². The van der Waals surface area contributed by atoms with Crippen LogP contribution >= 0.6 is 0 Å². The Morgan fingerprint density at radius 1 is 1.56 bits per heavy atom. The molecule has 5 heteroatoms. The average Bonchev–Trinajstić information content (AvgIpc) is 2.72. The van der Waals surface area contributed by atoms with Crippen LogP contribution in [0.5, 0.6) is 0 Å². The van der Waals surface area contributed by atoms with Crippen molar-refractivity contribution >= 4 is 11.5 Å². The molecule has 0 spiro atoms. The van der Waals surface area contributed by atoms with Gasteiger partial charge in [0.2, 0.25) is 0 Å². The SMILES string of the molecule is Cc1cc(NCC2CCCC2C)ncc1[N+](=O)[O-]. The molecular formula is C13H19N3O2. The van der Waals surface area contributed by atoms with E-state index in [0.717, 1.165) is 18.3 Å². The largest absolute Gasteiger partial charge is 0.370 e. The minimum Gasteiger partial charge on any atom is -0.370 e. The second-order valence-corrected chi connectivity index (χ2v) is 5.16. The van der Waals surface area contributed by atoms with Crippen molar-refractivity contribution in [3.63, 3.8) is 0 Å². The lowest BCUT2D eigenvalue weighted by Gasteiger charge is -2.16. The molecule has 2 rings (SSSR count). The zero-order chi connectivity index (χ0) is 13.1. The first-order chi connectivity index (χ1) is 8.58. The Hall–Kier alpha value is -1.65. The number of anilines is 1. The highest BCUT2D eigenvalue weighted by Gasteiger charge is 2.23. The van der Waals surface area contributed by atoms with Gasteiger partial charge in [-0.2, -0.15) is 0 Å². The Morgan fingerprint density at radius 3 is 2.89 bits per heavy atom. The molecule has 1 aliphatic carbocycles. The third-order valence-corrected chi connectivity index (χ3v) is 3.86. The van der Waals surface area contributed by atoms with E-state index in [0.29, 0.717) is 11.5 Å². The smallest absolute Gasteiger partial charge is 0.290 e. The summed E-state index contributed by atoms with van der Waals surface area (Å²) in [4.78, 5) is 14.4. The summed E-state index contributed by atoms with van der Waals surface area (Å²) in [6, 6.07) is 1.75. The van der Waals surface area contributed by atoms with E-state index < -0.39 is 4.92 Å². The fraction of sp³-hybridized carbons (Fsp3) is 0.615. The second kappa shape index (κ2) is 5.33. The van der Waals surface area contributed by atoms with Crippen LogP contribution in [0.3, 0.4) is 0 Å². The molecule has 2 unspecified atom stereocenters. The zero-order valence-electron chi connectivity index (χ0n) is 10.8. The van der Waals surface area contributed by atoms with Gasteiger partial charge in [0.1, 0.15) is 12.0 Å². The molecule has 5 nitrogen and oxygen atoms in total. The lowest BCUT2D eigenvalue weighted by atomic mass is 9.98. The molecule has 1 heterocycles. The Kier molecular flexibility index (Phi) is 3.79. The van der Waals surface area contributed by atoms with Crippen LogP contribution in [-0.2, 0) is 0 Å². The number of hydrogen-bond acceptors (Lipinski definition) is 4. The molecule has 1 saturated carbocycles. The molecule has 1 aromatic rings. The van der Waals surface area contributed by atoms with E-state index in [1.807, 2.05) is 0 Å². The third kappa shape index (κ3) is 2.78. The highest BCUT2D eigenvalue weighted by atomic mass is 16.6. The van der Waals surface area contributed by atoms with Crippen LogP contribution in [0.2, 0.25) is 0 Å². The molecule has 0 aliphatic heterocycles. The zero-order valence-corrected chi connectivity index (χ0v) is 10.8. The topological polar surface area (TPSA) is 68.1 Å². The summed E-state index contributed by atoms with van der Waals surface area (Å²) < 4.78 is 0. The predicted octanol–water partition coefficient (Wildman–Crippen LogP) is 3.15. The van der Waals surface area contributed by atoms with Crippen molar-refractivity contribution in [1.29, 1.82) is 0 Å². The summed E-state index contributed by atoms with van der Waals surface area (Å²) in [5, 5.41) is 14.0. The molecule has 0 bridgehead atoms. The first kappa shape index (κ1) is 12.8. The van der Waals surface area contributed by atoms with Crippen molar-refractivity contribution in [2.75, 3.05) is 11.9 Å². The molecule has 1 N–H and O–H groups in total. The van der Waals surface area contributed by atoms with Gasteiger partial charge >= 0.3 is 0 Å². The molecule has 2 atom stereocenters. The van der Waals surface area contributed by atoms with Crippen LogP contribution in [-0.4, -0.2) is 16.5 Å². The van der Waals surface area contributed by atoms with Gasteiger partial charge in [-0.1, -0.05) is 19.8 Å². The van der Waals surface area contributed by atoms with Gasteiger partial charge < -0.3 is 5.32 Å². The van der Waals surface area contributed by atoms with Gasteiger partial charge in [-0.15, -0.1) is 0 Å². The molecule has 0 aromatic carbocycles. The lowest BCUT2D eigenvalue weighted by Crippen LogP contribution is -2.17. The van der Waals surface area contributed by atoms with Crippen molar-refractivity contribution in [3.8, 4) is 0 Å². The van der Waals surface area contributed by atoms with Gasteiger partial charge in [0.15, 0.2) is 0 Å². The minimum absolute atomic E-state index is 0.0785. The number of nitro groups is 1. The van der Waals surface area contributed by atoms with Crippen LogP contribution in [0.25, 0.3) is 0 Å². The first-order valence-electron chi connectivity index (χ1n) is 6.43. The number of hydrogen-bond donors (Lipinski definition) is 1. The van der Waals surface area contributed by atoms with E-state index in [2.05, 4.69) is 17.2 Å². The van der Waals surface area contributed by atoms with Crippen molar-refractivity contribution in [3.05, 3.63) is 27.9 Å². The molecule has 1 aromatic heterocycles. The van der Waals surface area contributed by atoms with E-state index >= 15 is 0 Å². The van der Waals surface area contributed by atoms with Gasteiger partial charge in [-0.25, -0.2) is 4.98 Å². The normalized spacial score (nSPS) is 23.0. The Bertz CT molecular complexity index is 448. The molecule has 18 heavy (non-hydrogen) atoms. The van der Waals surface area contributed by atoms with Crippen LogP contribution < -0.4 is 5.32 Å². The van der Waals surface area contributed by atoms with E-state index in [1.165, 1.54) is 25.5 Å². The van der Waals surface area contributed by atoms with E-state index in [-0.39, 0.29) is 5.69 Å². The average molecular weight is 249 g/mol. The van der Waals surface area contributed by atoms with Gasteiger partial charge in [0.25, 0.3) is 5.69 Å². The Balaban J connectivity index is 1.98. The van der Waals surface area contributed by atoms with Crippen LogP contribution in [0, 0.1) is 28.9 Å². The van der Waals surface area contributed by atoms with Crippen molar-refractivity contribution in [2.45, 2.75) is 33.1 Å². The Morgan fingerprint density at radius 2 is 2.33 bits per heavy atom. The number of pyridine rings is 1. The molecular weight excluding hydrogens is 230 g/mol. The van der Waals surface area contributed by atoms with Crippen LogP contribution in [0.4, 0.5) is 11.5 Å². The quantitative estimate of drug-likeness (QED) is 0.657. The third-order valence-electron chi connectivity index (χ3n) is 3.86. The van der Waals surface area contributed by atoms with Crippen LogP contribution in [0.1, 0.15) is 31.7 Å². The maximum absolute atomic E-state index is 10.7. The summed E-state index contributed by atoms with van der Waals surface area (Å²) in [6.07, 6.45) is 5.20. The molecule has 1 aliphatic rings. The van der Waals surface area contributed by atoms with Crippen molar-refractivity contribution < 1.29 is 4.92 Å². The van der Waals surface area contributed by atoms with Gasteiger partial charge in [0.05, 0.1) is 4.92 Å². The van der Waals surface area contributed by atoms with E-state index in [4.69, 9.17) is 0 Å². The predicted molar refractivity (Wildman–Crippen MR) is 70.6 cm³/mol. The summed E-state index contributed by atoms with van der Waals surface area (Å²) in [5.41, 5.74) is 0.728. The lowest BCUT2D eigenvalue weighted by molar-refractivity contribution is -0.385. The summed E-state index contributed by atoms with van der Waals surface area (Å²) >= 11 is 0. The van der Waals surface area contributed by atoms with E-state index in [1.54, 1.807) is 13.0 Å². The number of nitrogens with one attached hydrogen (secondary N) is 1. The molecule has 0 amide bonds. The highest BCUT2D eigenvalue weighted by Crippen LogP contribution is 2.31. The standard InChI is InChI=1S/C13H19N3O2/c1-9-4-3-5-11(9)7-14-13-6-10(2)12(8-15-13)16(17)18/h6,8-9,11H,3-5,7H2,1-2H3,(H,14,15). The van der Waals surface area contributed by atoms with Crippen molar-refractivity contribution in [1.82, 2.24) is 4.98 Å². The summed E-state index contributed by atoms with van der Waals surface area (Å²) in [6.45, 7) is 4.93. The monoisotopic (exact) mass is 249 g/mol. The number of aryl methyl sites for hydroxylation is 1. The Labute approximate surface area is 107 Å². The fourth-order valence-corrected chi connectivity index (χ4v) is 2.60. The fourth-order valence-electron chi connectivity index (χ4n) is 2.60. The first-order valence-corrected chi connectivity index (χ1v) is 6.43. The maximum atomic E-state index is 10.7. The molecule has 98 valence electrons. The molecule has 0 saturated heterocycles. The van der Waals surface area contributed by atoms with E-state index in [9.17, 15) is 10.1 Å². The highest BCUT2D eigenvalue weighted by molar-refractivity contribution is 5.46. The second-order valence-electron chi connectivity index (χ2n) is 5.16. The summed E-state index contributed by atoms with van der Waals surface area (Å²) in [5.74, 6) is 2.19. The minimum atomic E-state index is -0.398.